The van der Waals surface area contributed by atoms with E-state index in [1.165, 1.54) is 19.2 Å². The first-order valence-corrected chi connectivity index (χ1v) is 14.6. The molecule has 4 rings (SSSR count). The van der Waals surface area contributed by atoms with Gasteiger partial charge in [-0.3, -0.25) is 4.79 Å². The van der Waals surface area contributed by atoms with Gasteiger partial charge in [-0.05, 0) is 54.3 Å². The second-order valence-corrected chi connectivity index (χ2v) is 11.7. The number of ether oxygens (including phenoxy) is 3. The smallest absolute Gasteiger partial charge is 0.286 e. The molecule has 3 N–H and O–H groups in total. The number of fused-ring (bicyclic) bond motifs is 1. The molecule has 0 bridgehead atoms. The molecule has 0 unspecified atom stereocenters. The normalized spacial score (nSPS) is 17.6. The van der Waals surface area contributed by atoms with Crippen molar-refractivity contribution >= 4 is 27.0 Å². The Labute approximate surface area is 234 Å². The molecule has 2 heterocycles. The fourth-order valence-corrected chi connectivity index (χ4v) is 5.81. The van der Waals surface area contributed by atoms with Crippen LogP contribution < -0.4 is 10.1 Å². The summed E-state index contributed by atoms with van der Waals surface area (Å²) >= 11 is 0. The first-order chi connectivity index (χ1) is 19.2. The third-order valence-corrected chi connectivity index (χ3v) is 8.63. The third-order valence-electron chi connectivity index (χ3n) is 6.71. The fraction of sp³-hybridized carbons (Fsp3) is 0.429. The van der Waals surface area contributed by atoms with E-state index < -0.39 is 16.3 Å². The Morgan fingerprint density at radius 3 is 2.62 bits per heavy atom. The number of H-pyrrole nitrogens is 1. The Balaban J connectivity index is 1.36. The van der Waals surface area contributed by atoms with E-state index in [1.807, 2.05) is 30.3 Å². The second-order valence-electron chi connectivity index (χ2n) is 9.78. The van der Waals surface area contributed by atoms with Gasteiger partial charge in [-0.1, -0.05) is 26.0 Å². The number of nitrogens with zero attached hydrogens (tertiary/aromatic N) is 2. The highest BCUT2D eigenvalue weighted by Gasteiger charge is 2.30. The van der Waals surface area contributed by atoms with E-state index in [0.29, 0.717) is 18.0 Å². The lowest BCUT2D eigenvalue weighted by atomic mass is 9.90. The van der Waals surface area contributed by atoms with E-state index in [-0.39, 0.29) is 61.2 Å². The first-order valence-electron chi connectivity index (χ1n) is 13.2. The maximum absolute atomic E-state index is 13.2. The van der Waals surface area contributed by atoms with Crippen molar-refractivity contribution in [1.29, 1.82) is 0 Å². The van der Waals surface area contributed by atoms with E-state index in [1.54, 1.807) is 12.1 Å². The summed E-state index contributed by atoms with van der Waals surface area (Å²) in [5.74, 6) is 1.20. The summed E-state index contributed by atoms with van der Waals surface area (Å²) in [6.45, 7) is 3.88. The molecule has 1 aliphatic rings. The van der Waals surface area contributed by atoms with Crippen LogP contribution in [-0.4, -0.2) is 73.4 Å². The monoisotopic (exact) mass is 572 g/mol. The Morgan fingerprint density at radius 2 is 1.95 bits per heavy atom. The largest absolute Gasteiger partial charge is 0.497 e. The lowest BCUT2D eigenvalue weighted by Crippen LogP contribution is -2.38. The van der Waals surface area contributed by atoms with Gasteiger partial charge >= 0.3 is 0 Å². The molecular weight excluding hydrogens is 536 g/mol. The molecule has 1 amide bonds. The van der Waals surface area contributed by atoms with Crippen molar-refractivity contribution in [2.24, 2.45) is 11.8 Å². The number of aromatic nitrogens is 2. The zero-order chi connectivity index (χ0) is 28.7. The van der Waals surface area contributed by atoms with Gasteiger partial charge in [0.05, 0.1) is 42.8 Å². The summed E-state index contributed by atoms with van der Waals surface area (Å²) in [4.78, 5) is 20.7. The van der Waals surface area contributed by atoms with Gasteiger partial charge in [-0.25, -0.2) is 13.4 Å². The van der Waals surface area contributed by atoms with E-state index in [9.17, 15) is 18.3 Å². The molecule has 0 saturated heterocycles. The third kappa shape index (κ3) is 7.19. The number of benzene rings is 2. The lowest BCUT2D eigenvalue weighted by molar-refractivity contribution is -0.150. The molecule has 0 fully saturated rings. The number of aromatic amines is 1. The molecule has 11 nitrogen and oxygen atoms in total. The molecule has 0 saturated carbocycles. The average molecular weight is 573 g/mol. The van der Waals surface area contributed by atoms with E-state index in [4.69, 9.17) is 14.2 Å². The molecule has 40 heavy (non-hydrogen) atoms. The number of sulfonamides is 1. The molecule has 2 atom stereocenters. The Morgan fingerprint density at radius 1 is 1.20 bits per heavy atom. The molecule has 2 aromatic carbocycles. The van der Waals surface area contributed by atoms with Crippen molar-refractivity contribution in [3.63, 3.8) is 0 Å². The minimum absolute atomic E-state index is 0.00156. The van der Waals surface area contributed by atoms with Crippen molar-refractivity contribution in [3.8, 4) is 5.75 Å². The second kappa shape index (κ2) is 13.3. The number of aliphatic hydroxyl groups excluding tert-OH is 1. The van der Waals surface area contributed by atoms with Gasteiger partial charge < -0.3 is 29.6 Å². The number of nitrogens with one attached hydrogen (secondary N) is 2. The van der Waals surface area contributed by atoms with Gasteiger partial charge in [0.25, 0.3) is 5.91 Å². The SMILES string of the molecule is COc1ccc(S(=O)(=O)N(CCO)CCO[C@H]2C[C@@H](C(C)C)C=C(C(=O)NCc3nc4ccccc4[nH]3)O2)cc1. The molecule has 1 aromatic heterocycles. The summed E-state index contributed by atoms with van der Waals surface area (Å²) < 4.78 is 44.4. The molecule has 0 spiro atoms. The highest BCUT2D eigenvalue weighted by atomic mass is 32.2. The number of para-hydroxylation sites is 2. The fourth-order valence-electron chi connectivity index (χ4n) is 4.40. The van der Waals surface area contributed by atoms with Crippen LogP contribution in [0.25, 0.3) is 11.0 Å². The number of carbonyl (C=O) groups is 1. The maximum atomic E-state index is 13.2. The minimum atomic E-state index is -3.87. The van der Waals surface area contributed by atoms with Crippen LogP contribution in [-0.2, 0) is 30.8 Å². The quantitative estimate of drug-likeness (QED) is 0.284. The Hall–Kier alpha value is -3.45. The van der Waals surface area contributed by atoms with Crippen LogP contribution in [0, 0.1) is 11.8 Å². The number of amides is 1. The number of allylic oxidation sites excluding steroid dienone is 1. The van der Waals surface area contributed by atoms with Crippen LogP contribution in [0.1, 0.15) is 26.1 Å². The number of aliphatic hydroxyl groups is 1. The van der Waals surface area contributed by atoms with Gasteiger partial charge in [0.15, 0.2) is 5.76 Å². The van der Waals surface area contributed by atoms with Crippen molar-refractivity contribution in [2.45, 2.75) is 38.0 Å². The standard InChI is InChI=1S/C28H36N4O7S/c1-19(2)20-16-25(28(34)29-18-26-30-23-6-4-5-7-24(23)31-26)39-27(17-20)38-15-13-32(12-14-33)40(35,36)22-10-8-21(37-3)9-11-22/h4-11,16,19-20,27,33H,12-15,17-18H2,1-3H3,(H,29,34)(H,30,31)/t20-,27+/m0/s1. The predicted octanol–water partition coefficient (Wildman–Crippen LogP) is 2.79. The zero-order valence-electron chi connectivity index (χ0n) is 22.9. The average Bonchev–Trinajstić information content (AvgIpc) is 3.38. The van der Waals surface area contributed by atoms with Crippen LogP contribution in [0.15, 0.2) is 65.3 Å². The van der Waals surface area contributed by atoms with Crippen molar-refractivity contribution in [2.75, 3.05) is 33.4 Å². The van der Waals surface area contributed by atoms with Gasteiger partial charge in [0, 0.05) is 19.5 Å². The maximum Gasteiger partial charge on any atom is 0.286 e. The number of imidazole rings is 1. The van der Waals surface area contributed by atoms with Gasteiger partial charge in [-0.15, -0.1) is 0 Å². The molecule has 12 heteroatoms. The summed E-state index contributed by atoms with van der Waals surface area (Å²) in [5.41, 5.74) is 1.70. The molecule has 3 aromatic rings. The highest BCUT2D eigenvalue weighted by Crippen LogP contribution is 2.29. The van der Waals surface area contributed by atoms with Crippen LogP contribution in [0.5, 0.6) is 5.75 Å². The first kappa shape index (κ1) is 29.5. The molecular formula is C28H36N4O7S. The highest BCUT2D eigenvalue weighted by molar-refractivity contribution is 7.89. The Kier molecular flexibility index (Phi) is 9.80. The summed E-state index contributed by atoms with van der Waals surface area (Å²) in [6.07, 6.45) is 1.59. The van der Waals surface area contributed by atoms with E-state index in [0.717, 1.165) is 15.3 Å². The van der Waals surface area contributed by atoms with Crippen molar-refractivity contribution in [3.05, 3.63) is 66.2 Å². The molecule has 1 aliphatic heterocycles. The number of carbonyl (C=O) groups excluding carboxylic acids is 1. The summed E-state index contributed by atoms with van der Waals surface area (Å²) in [6, 6.07) is 13.7. The number of methoxy groups -OCH3 is 1. The van der Waals surface area contributed by atoms with E-state index >= 15 is 0 Å². The van der Waals surface area contributed by atoms with Gasteiger partial charge in [0.1, 0.15) is 11.6 Å². The lowest BCUT2D eigenvalue weighted by Gasteiger charge is -2.31. The Bertz CT molecular complexity index is 1390. The summed E-state index contributed by atoms with van der Waals surface area (Å²) in [7, 11) is -2.37. The number of rotatable bonds is 13. The number of hydrogen-bond acceptors (Lipinski definition) is 8. The van der Waals surface area contributed by atoms with Gasteiger partial charge in [-0.2, -0.15) is 4.31 Å². The van der Waals surface area contributed by atoms with Crippen LogP contribution in [0.4, 0.5) is 0 Å². The van der Waals surface area contributed by atoms with E-state index in [2.05, 4.69) is 29.1 Å². The predicted molar refractivity (Wildman–Crippen MR) is 149 cm³/mol. The van der Waals surface area contributed by atoms with Crippen LogP contribution in [0.2, 0.25) is 0 Å². The molecule has 216 valence electrons. The molecule has 0 aliphatic carbocycles. The minimum Gasteiger partial charge on any atom is -0.497 e. The molecule has 0 radical (unpaired) electrons. The summed E-state index contributed by atoms with van der Waals surface area (Å²) in [5, 5.41) is 12.3. The van der Waals surface area contributed by atoms with Crippen molar-refractivity contribution < 1.29 is 32.5 Å². The zero-order valence-corrected chi connectivity index (χ0v) is 23.7. The number of hydrogen-bond donors (Lipinski definition) is 3. The topological polar surface area (TPSA) is 143 Å². The van der Waals surface area contributed by atoms with Crippen LogP contribution in [0.3, 0.4) is 0 Å². The van der Waals surface area contributed by atoms with Crippen LogP contribution >= 0.6 is 0 Å². The van der Waals surface area contributed by atoms with Gasteiger partial charge in [0.2, 0.25) is 16.3 Å². The van der Waals surface area contributed by atoms with Crippen molar-refractivity contribution in [1.82, 2.24) is 19.6 Å².